The zero-order valence-corrected chi connectivity index (χ0v) is 15.3. The lowest BCUT2D eigenvalue weighted by molar-refractivity contribution is 0.379. The molecule has 0 amide bonds. The molecule has 0 aliphatic heterocycles. The van der Waals surface area contributed by atoms with E-state index in [0.29, 0.717) is 12.4 Å². The lowest BCUT2D eigenvalue weighted by Crippen LogP contribution is -2.37. The van der Waals surface area contributed by atoms with Crippen LogP contribution in [-0.2, 0) is 25.4 Å². The monoisotopic (exact) mass is 332 g/mol. The van der Waals surface area contributed by atoms with Crippen molar-refractivity contribution < 1.29 is 4.42 Å². The third-order valence-corrected chi connectivity index (χ3v) is 3.62. The molecule has 0 fully saturated rings. The van der Waals surface area contributed by atoms with Gasteiger partial charge in [-0.3, -0.25) is 9.67 Å². The second-order valence-corrected chi connectivity index (χ2v) is 6.85. The fourth-order valence-electron chi connectivity index (χ4n) is 2.22. The Morgan fingerprint density at radius 1 is 1.29 bits per heavy atom. The minimum Gasteiger partial charge on any atom is -0.443 e. The van der Waals surface area contributed by atoms with Crippen LogP contribution in [0.2, 0.25) is 0 Å². The van der Waals surface area contributed by atoms with Crippen molar-refractivity contribution in [3.63, 3.8) is 0 Å². The Hall–Kier alpha value is -2.31. The summed E-state index contributed by atoms with van der Waals surface area (Å²) < 4.78 is 7.59. The van der Waals surface area contributed by atoms with Crippen molar-refractivity contribution in [2.24, 2.45) is 12.0 Å². The molecule has 132 valence electrons. The highest BCUT2D eigenvalue weighted by atomic mass is 16.4. The Morgan fingerprint density at radius 3 is 2.67 bits per heavy atom. The average molecular weight is 332 g/mol. The van der Waals surface area contributed by atoms with Gasteiger partial charge in [0, 0.05) is 32.3 Å². The first-order chi connectivity index (χ1) is 11.4. The Labute approximate surface area is 143 Å². The first-order valence-corrected chi connectivity index (χ1v) is 8.25. The zero-order chi connectivity index (χ0) is 17.6. The van der Waals surface area contributed by atoms with Gasteiger partial charge in [0.05, 0.1) is 18.9 Å². The predicted octanol–water partition coefficient (Wildman–Crippen LogP) is 2.00. The van der Waals surface area contributed by atoms with Crippen molar-refractivity contribution in [2.75, 3.05) is 13.6 Å². The highest BCUT2D eigenvalue weighted by Gasteiger charge is 2.19. The van der Waals surface area contributed by atoms with Crippen LogP contribution in [0.1, 0.15) is 44.4 Å². The minimum absolute atomic E-state index is 0.0303. The molecule has 0 atom stereocenters. The fraction of sp³-hybridized carbons (Fsp3) is 0.588. The number of aromatic nitrogens is 3. The molecule has 7 nitrogen and oxygen atoms in total. The minimum atomic E-state index is -0.0303. The molecule has 0 aromatic carbocycles. The summed E-state index contributed by atoms with van der Waals surface area (Å²) in [5.74, 6) is 2.30. The summed E-state index contributed by atoms with van der Waals surface area (Å²) in [6.07, 6.45) is 7.75. The van der Waals surface area contributed by atoms with Crippen LogP contribution < -0.4 is 10.6 Å². The Bertz CT molecular complexity index is 665. The topological polar surface area (TPSA) is 80.3 Å². The van der Waals surface area contributed by atoms with Gasteiger partial charge in [-0.15, -0.1) is 0 Å². The number of hydrogen-bond donors (Lipinski definition) is 2. The standard InChI is InChI=1S/C17H28N6O/c1-17(2,3)14-10-20-15(24-14)11-21-16(18-4)19-8-6-7-13-9-22-23(5)12-13/h9-10,12H,6-8,11H2,1-5H3,(H2,18,19,21). The van der Waals surface area contributed by atoms with Crippen LogP contribution in [0.4, 0.5) is 0 Å². The van der Waals surface area contributed by atoms with Crippen LogP contribution in [0.15, 0.2) is 28.0 Å². The summed E-state index contributed by atoms with van der Waals surface area (Å²) in [6.45, 7) is 7.67. The van der Waals surface area contributed by atoms with Crippen LogP contribution in [0.3, 0.4) is 0 Å². The van der Waals surface area contributed by atoms with Crippen molar-refractivity contribution in [1.29, 1.82) is 0 Å². The van der Waals surface area contributed by atoms with E-state index < -0.39 is 0 Å². The number of aryl methyl sites for hydroxylation is 2. The molecule has 2 rings (SSSR count). The molecule has 24 heavy (non-hydrogen) atoms. The van der Waals surface area contributed by atoms with E-state index in [1.165, 1.54) is 5.56 Å². The molecule has 2 aromatic rings. The maximum absolute atomic E-state index is 5.76. The van der Waals surface area contributed by atoms with E-state index in [1.54, 1.807) is 13.2 Å². The highest BCUT2D eigenvalue weighted by molar-refractivity contribution is 5.79. The number of guanidine groups is 1. The third kappa shape index (κ3) is 5.40. The second kappa shape index (κ2) is 7.99. The quantitative estimate of drug-likeness (QED) is 0.480. The van der Waals surface area contributed by atoms with E-state index in [9.17, 15) is 0 Å². The summed E-state index contributed by atoms with van der Waals surface area (Å²) in [5.41, 5.74) is 1.22. The maximum atomic E-state index is 5.76. The summed E-state index contributed by atoms with van der Waals surface area (Å²) in [6, 6.07) is 0. The fourth-order valence-corrected chi connectivity index (χ4v) is 2.22. The van der Waals surface area contributed by atoms with Crippen molar-refractivity contribution in [1.82, 2.24) is 25.4 Å². The van der Waals surface area contributed by atoms with Crippen molar-refractivity contribution in [2.45, 2.75) is 45.6 Å². The van der Waals surface area contributed by atoms with Crippen LogP contribution >= 0.6 is 0 Å². The largest absolute Gasteiger partial charge is 0.443 e. The van der Waals surface area contributed by atoms with E-state index in [2.05, 4.69) is 46.5 Å². The molecule has 0 radical (unpaired) electrons. The number of nitrogens with one attached hydrogen (secondary N) is 2. The van der Waals surface area contributed by atoms with E-state index in [1.807, 2.05) is 24.1 Å². The van der Waals surface area contributed by atoms with Gasteiger partial charge in [0.25, 0.3) is 0 Å². The molecule has 7 heteroatoms. The summed E-state index contributed by atoms with van der Waals surface area (Å²) in [4.78, 5) is 8.52. The Balaban J connectivity index is 1.71. The Morgan fingerprint density at radius 2 is 2.08 bits per heavy atom. The number of oxazole rings is 1. The molecule has 0 bridgehead atoms. The van der Waals surface area contributed by atoms with Crippen molar-refractivity contribution in [3.8, 4) is 0 Å². The maximum Gasteiger partial charge on any atom is 0.213 e. The smallest absolute Gasteiger partial charge is 0.213 e. The number of nitrogens with zero attached hydrogens (tertiary/aromatic N) is 4. The molecule has 0 unspecified atom stereocenters. The SMILES string of the molecule is CN=C(NCCCc1cnn(C)c1)NCc1ncc(C(C)(C)C)o1. The van der Waals surface area contributed by atoms with Gasteiger partial charge in [-0.25, -0.2) is 4.98 Å². The zero-order valence-electron chi connectivity index (χ0n) is 15.3. The van der Waals surface area contributed by atoms with Gasteiger partial charge in [0.2, 0.25) is 5.89 Å². The average Bonchev–Trinajstić information content (AvgIpc) is 3.15. The molecular formula is C17H28N6O. The van der Waals surface area contributed by atoms with E-state index in [-0.39, 0.29) is 5.41 Å². The van der Waals surface area contributed by atoms with Gasteiger partial charge in [-0.05, 0) is 18.4 Å². The van der Waals surface area contributed by atoms with E-state index in [4.69, 9.17) is 4.42 Å². The summed E-state index contributed by atoms with van der Waals surface area (Å²) >= 11 is 0. The first kappa shape index (κ1) is 18.0. The van der Waals surface area contributed by atoms with Gasteiger partial charge in [0.15, 0.2) is 5.96 Å². The van der Waals surface area contributed by atoms with Gasteiger partial charge < -0.3 is 15.1 Å². The molecule has 2 N–H and O–H groups in total. The number of hydrogen-bond acceptors (Lipinski definition) is 4. The van der Waals surface area contributed by atoms with E-state index in [0.717, 1.165) is 31.1 Å². The van der Waals surface area contributed by atoms with Crippen LogP contribution in [-0.4, -0.2) is 34.3 Å². The normalized spacial score (nSPS) is 12.5. The van der Waals surface area contributed by atoms with Gasteiger partial charge in [-0.1, -0.05) is 20.8 Å². The first-order valence-electron chi connectivity index (χ1n) is 8.25. The van der Waals surface area contributed by atoms with Gasteiger partial charge in [0.1, 0.15) is 5.76 Å². The summed E-state index contributed by atoms with van der Waals surface area (Å²) in [5, 5.41) is 10.7. The summed E-state index contributed by atoms with van der Waals surface area (Å²) in [7, 11) is 3.69. The van der Waals surface area contributed by atoms with Gasteiger partial charge >= 0.3 is 0 Å². The lowest BCUT2D eigenvalue weighted by atomic mass is 9.94. The number of aliphatic imine (C=N–C) groups is 1. The predicted molar refractivity (Wildman–Crippen MR) is 94.9 cm³/mol. The van der Waals surface area contributed by atoms with Gasteiger partial charge in [-0.2, -0.15) is 5.10 Å². The van der Waals surface area contributed by atoms with Crippen molar-refractivity contribution >= 4 is 5.96 Å². The Kier molecular flexibility index (Phi) is 6.00. The van der Waals surface area contributed by atoms with Crippen molar-refractivity contribution in [3.05, 3.63) is 35.8 Å². The molecular weight excluding hydrogens is 304 g/mol. The lowest BCUT2D eigenvalue weighted by Gasteiger charge is -2.13. The third-order valence-electron chi connectivity index (χ3n) is 3.62. The molecule has 2 heterocycles. The van der Waals surface area contributed by atoms with Crippen LogP contribution in [0.25, 0.3) is 0 Å². The number of rotatable bonds is 6. The molecule has 0 aliphatic carbocycles. The van der Waals surface area contributed by atoms with Crippen LogP contribution in [0.5, 0.6) is 0 Å². The molecule has 0 spiro atoms. The van der Waals surface area contributed by atoms with Crippen LogP contribution in [0, 0.1) is 0 Å². The molecule has 2 aromatic heterocycles. The molecule has 0 saturated carbocycles. The van der Waals surface area contributed by atoms with E-state index >= 15 is 0 Å². The molecule has 0 saturated heterocycles. The second-order valence-electron chi connectivity index (χ2n) is 6.85. The molecule has 0 aliphatic rings. The highest BCUT2D eigenvalue weighted by Crippen LogP contribution is 2.22.